The third kappa shape index (κ3) is 4.79. The zero-order valence-electron chi connectivity index (χ0n) is 16.7. The molecule has 4 rings (SSSR count). The number of carbonyl (C=O) groups excluding carboxylic acids is 1. The van der Waals surface area contributed by atoms with Crippen molar-refractivity contribution in [3.63, 3.8) is 0 Å². The van der Waals surface area contributed by atoms with Crippen LogP contribution in [0.15, 0.2) is 28.8 Å². The van der Waals surface area contributed by atoms with Crippen molar-refractivity contribution >= 4 is 5.91 Å². The fourth-order valence-electron chi connectivity index (χ4n) is 4.31. The SMILES string of the molecule is Cc1ccc(-c2nc(CN3CCC[C@@H](C(=O)NC4CCCCC4)C3)no2)cc1. The number of aromatic nitrogens is 2. The van der Waals surface area contributed by atoms with Crippen molar-refractivity contribution in [1.29, 1.82) is 0 Å². The van der Waals surface area contributed by atoms with E-state index in [-0.39, 0.29) is 11.8 Å². The molecule has 0 bridgehead atoms. The summed E-state index contributed by atoms with van der Waals surface area (Å²) in [4.78, 5) is 19.5. The number of aryl methyl sites for hydroxylation is 1. The Kier molecular flexibility index (Phi) is 6.05. The van der Waals surface area contributed by atoms with E-state index in [2.05, 4.69) is 27.3 Å². The van der Waals surface area contributed by atoms with Crippen LogP contribution in [0, 0.1) is 12.8 Å². The smallest absolute Gasteiger partial charge is 0.257 e. The average Bonchev–Trinajstić information content (AvgIpc) is 3.18. The minimum Gasteiger partial charge on any atom is -0.353 e. The highest BCUT2D eigenvalue weighted by Gasteiger charge is 2.28. The largest absolute Gasteiger partial charge is 0.353 e. The van der Waals surface area contributed by atoms with Gasteiger partial charge >= 0.3 is 0 Å². The Morgan fingerprint density at radius 1 is 1.14 bits per heavy atom. The number of hydrogen-bond acceptors (Lipinski definition) is 5. The van der Waals surface area contributed by atoms with E-state index in [4.69, 9.17) is 4.52 Å². The maximum atomic E-state index is 12.7. The molecule has 2 fully saturated rings. The van der Waals surface area contributed by atoms with Crippen LogP contribution in [0.3, 0.4) is 0 Å². The van der Waals surface area contributed by atoms with Crippen molar-refractivity contribution in [1.82, 2.24) is 20.4 Å². The van der Waals surface area contributed by atoms with E-state index in [0.717, 1.165) is 44.3 Å². The van der Waals surface area contributed by atoms with Gasteiger partial charge in [-0.2, -0.15) is 4.98 Å². The van der Waals surface area contributed by atoms with Crippen LogP contribution in [0.5, 0.6) is 0 Å². The molecule has 1 aliphatic heterocycles. The molecule has 1 amide bonds. The van der Waals surface area contributed by atoms with Gasteiger partial charge in [0, 0.05) is 18.2 Å². The molecule has 0 radical (unpaired) electrons. The third-order valence-electron chi connectivity index (χ3n) is 5.96. The lowest BCUT2D eigenvalue weighted by Crippen LogP contribution is -2.46. The fourth-order valence-corrected chi connectivity index (χ4v) is 4.31. The van der Waals surface area contributed by atoms with Gasteiger partial charge in [0.25, 0.3) is 5.89 Å². The van der Waals surface area contributed by atoms with E-state index in [9.17, 15) is 4.79 Å². The summed E-state index contributed by atoms with van der Waals surface area (Å²) in [5.41, 5.74) is 2.14. The number of nitrogens with zero attached hydrogens (tertiary/aromatic N) is 3. The topological polar surface area (TPSA) is 71.3 Å². The van der Waals surface area contributed by atoms with Crippen LogP contribution in [0.25, 0.3) is 11.5 Å². The lowest BCUT2D eigenvalue weighted by molar-refractivity contribution is -0.127. The minimum atomic E-state index is 0.0687. The summed E-state index contributed by atoms with van der Waals surface area (Å²) in [6, 6.07) is 8.46. The molecule has 0 unspecified atom stereocenters. The van der Waals surface area contributed by atoms with Crippen molar-refractivity contribution in [3.8, 4) is 11.5 Å². The first-order chi connectivity index (χ1) is 13.7. The predicted molar refractivity (Wildman–Crippen MR) is 107 cm³/mol. The van der Waals surface area contributed by atoms with Crippen molar-refractivity contribution in [2.75, 3.05) is 13.1 Å². The third-order valence-corrected chi connectivity index (χ3v) is 5.96. The molecule has 28 heavy (non-hydrogen) atoms. The zero-order valence-corrected chi connectivity index (χ0v) is 16.7. The van der Waals surface area contributed by atoms with Gasteiger partial charge < -0.3 is 9.84 Å². The molecule has 2 aromatic rings. The van der Waals surface area contributed by atoms with Crippen LogP contribution in [0.4, 0.5) is 0 Å². The first-order valence-electron chi connectivity index (χ1n) is 10.6. The fraction of sp³-hybridized carbons (Fsp3) is 0.591. The maximum absolute atomic E-state index is 12.7. The van der Waals surface area contributed by atoms with E-state index in [1.54, 1.807) is 0 Å². The Balaban J connectivity index is 1.32. The highest BCUT2D eigenvalue weighted by atomic mass is 16.5. The second-order valence-corrected chi connectivity index (χ2v) is 8.30. The van der Waals surface area contributed by atoms with Gasteiger partial charge in [-0.05, 0) is 51.3 Å². The molecule has 0 spiro atoms. The van der Waals surface area contributed by atoms with Gasteiger partial charge in [-0.1, -0.05) is 42.1 Å². The molecule has 1 N–H and O–H groups in total. The number of carbonyl (C=O) groups is 1. The summed E-state index contributed by atoms with van der Waals surface area (Å²) in [5, 5.41) is 7.43. The van der Waals surface area contributed by atoms with Gasteiger partial charge in [0.15, 0.2) is 5.82 Å². The lowest BCUT2D eigenvalue weighted by atomic mass is 9.93. The summed E-state index contributed by atoms with van der Waals surface area (Å²) in [6.45, 7) is 4.43. The van der Waals surface area contributed by atoms with Gasteiger partial charge in [0.05, 0.1) is 12.5 Å². The van der Waals surface area contributed by atoms with E-state index in [0.29, 0.717) is 24.3 Å². The first kappa shape index (κ1) is 19.1. The predicted octanol–water partition coefficient (Wildman–Crippen LogP) is 3.71. The van der Waals surface area contributed by atoms with Crippen LogP contribution in [0.2, 0.25) is 0 Å². The van der Waals surface area contributed by atoms with Crippen LogP contribution in [-0.2, 0) is 11.3 Å². The maximum Gasteiger partial charge on any atom is 0.257 e. The molecule has 2 aliphatic rings. The lowest BCUT2D eigenvalue weighted by Gasteiger charge is -2.32. The molecule has 1 aromatic carbocycles. The van der Waals surface area contributed by atoms with E-state index in [1.807, 2.05) is 24.3 Å². The summed E-state index contributed by atoms with van der Waals surface area (Å²) in [6.07, 6.45) is 8.05. The molecule has 6 heteroatoms. The second-order valence-electron chi connectivity index (χ2n) is 8.30. The van der Waals surface area contributed by atoms with Crippen LogP contribution < -0.4 is 5.32 Å². The highest BCUT2D eigenvalue weighted by molar-refractivity contribution is 5.79. The van der Waals surface area contributed by atoms with Gasteiger partial charge in [-0.3, -0.25) is 9.69 Å². The normalized spacial score (nSPS) is 21.5. The number of piperidine rings is 1. The van der Waals surface area contributed by atoms with Gasteiger partial charge in [-0.25, -0.2) is 0 Å². The van der Waals surface area contributed by atoms with Gasteiger partial charge in [0.1, 0.15) is 0 Å². The molecule has 1 atom stereocenters. The quantitative estimate of drug-likeness (QED) is 0.854. The van der Waals surface area contributed by atoms with E-state index < -0.39 is 0 Å². The average molecular weight is 383 g/mol. The second kappa shape index (κ2) is 8.86. The summed E-state index contributed by atoms with van der Waals surface area (Å²) < 4.78 is 5.44. The molecule has 1 saturated heterocycles. The summed E-state index contributed by atoms with van der Waals surface area (Å²) in [7, 11) is 0. The highest BCUT2D eigenvalue weighted by Crippen LogP contribution is 2.22. The number of rotatable bonds is 5. The van der Waals surface area contributed by atoms with Gasteiger partial charge in [0.2, 0.25) is 5.91 Å². The van der Waals surface area contributed by atoms with Crippen LogP contribution >= 0.6 is 0 Å². The van der Waals surface area contributed by atoms with Crippen molar-refractivity contribution in [2.45, 2.75) is 64.5 Å². The number of benzene rings is 1. The van der Waals surface area contributed by atoms with Crippen molar-refractivity contribution < 1.29 is 9.32 Å². The molecule has 1 aliphatic carbocycles. The molecule has 150 valence electrons. The molecule has 2 heterocycles. The Morgan fingerprint density at radius 3 is 2.71 bits per heavy atom. The van der Waals surface area contributed by atoms with Crippen molar-refractivity contribution in [3.05, 3.63) is 35.7 Å². The van der Waals surface area contributed by atoms with E-state index >= 15 is 0 Å². The number of likely N-dealkylation sites (tertiary alicyclic amines) is 1. The molecule has 6 nitrogen and oxygen atoms in total. The van der Waals surface area contributed by atoms with Crippen LogP contribution in [0.1, 0.15) is 56.3 Å². The zero-order chi connectivity index (χ0) is 19.3. The molecule has 1 saturated carbocycles. The molecular formula is C22H30N4O2. The minimum absolute atomic E-state index is 0.0687. The Hall–Kier alpha value is -2.21. The molecular weight excluding hydrogens is 352 g/mol. The Labute approximate surface area is 166 Å². The summed E-state index contributed by atoms with van der Waals surface area (Å²) >= 11 is 0. The van der Waals surface area contributed by atoms with E-state index in [1.165, 1.54) is 24.8 Å². The standard InChI is InChI=1S/C22H30N4O2/c1-16-9-11-17(12-10-16)22-24-20(25-28-22)15-26-13-5-6-18(14-26)21(27)23-19-7-3-2-4-8-19/h9-12,18-19H,2-8,13-15H2,1H3,(H,23,27)/t18-/m1/s1. The Morgan fingerprint density at radius 2 is 1.93 bits per heavy atom. The number of amides is 1. The molecule has 1 aromatic heterocycles. The first-order valence-corrected chi connectivity index (χ1v) is 10.6. The van der Waals surface area contributed by atoms with Gasteiger partial charge in [-0.15, -0.1) is 0 Å². The Bertz CT molecular complexity index is 780. The summed E-state index contributed by atoms with van der Waals surface area (Å²) in [5.74, 6) is 1.53. The van der Waals surface area contributed by atoms with Crippen LogP contribution in [-0.4, -0.2) is 40.1 Å². The van der Waals surface area contributed by atoms with Crippen molar-refractivity contribution in [2.24, 2.45) is 5.92 Å². The number of hydrogen-bond donors (Lipinski definition) is 1. The monoisotopic (exact) mass is 382 g/mol. The number of nitrogens with one attached hydrogen (secondary N) is 1.